The summed E-state index contributed by atoms with van der Waals surface area (Å²) in [5.74, 6) is 1.24. The molecule has 1 heteroatoms. The van der Waals surface area contributed by atoms with E-state index in [0.29, 0.717) is 17.9 Å². The van der Waals surface area contributed by atoms with Crippen molar-refractivity contribution in [1.29, 1.82) is 0 Å². The molecule has 0 aliphatic heterocycles. The highest BCUT2D eigenvalue weighted by atomic mass is 14.9. The fraction of sp³-hybridized carbons (Fsp3) is 0.625. The third kappa shape index (κ3) is 4.16. The van der Waals surface area contributed by atoms with Crippen LogP contribution in [0.2, 0.25) is 0 Å². The second-order valence-electron chi connectivity index (χ2n) is 5.42. The molecule has 0 aliphatic carbocycles. The van der Waals surface area contributed by atoms with Crippen LogP contribution in [0.1, 0.15) is 51.2 Å². The third-order valence-corrected chi connectivity index (χ3v) is 3.49. The molecule has 1 nitrogen and oxygen atoms in total. The van der Waals surface area contributed by atoms with Gasteiger partial charge in [0, 0.05) is 6.04 Å². The molecule has 0 fully saturated rings. The van der Waals surface area contributed by atoms with Crippen molar-refractivity contribution in [2.75, 3.05) is 6.54 Å². The summed E-state index contributed by atoms with van der Waals surface area (Å²) < 4.78 is 0. The second kappa shape index (κ2) is 6.80. The molecule has 1 N–H and O–H groups in total. The average molecular weight is 233 g/mol. The molecule has 17 heavy (non-hydrogen) atoms. The number of hydrogen-bond acceptors (Lipinski definition) is 1. The lowest BCUT2D eigenvalue weighted by Gasteiger charge is -2.29. The molecule has 0 heterocycles. The van der Waals surface area contributed by atoms with Gasteiger partial charge in [-0.25, -0.2) is 0 Å². The van der Waals surface area contributed by atoms with E-state index in [0.717, 1.165) is 6.54 Å². The van der Waals surface area contributed by atoms with Crippen LogP contribution in [0.3, 0.4) is 0 Å². The fourth-order valence-electron chi connectivity index (χ4n) is 2.38. The lowest BCUT2D eigenvalue weighted by Crippen LogP contribution is -2.38. The van der Waals surface area contributed by atoms with Crippen molar-refractivity contribution in [3.05, 3.63) is 35.4 Å². The number of nitrogens with one attached hydrogen (secondary N) is 1. The van der Waals surface area contributed by atoms with Gasteiger partial charge in [0.25, 0.3) is 0 Å². The van der Waals surface area contributed by atoms with Crippen molar-refractivity contribution in [2.45, 2.75) is 53.0 Å². The Labute approximate surface area is 107 Å². The summed E-state index contributed by atoms with van der Waals surface area (Å²) in [5, 5.41) is 3.68. The number of benzene rings is 1. The van der Waals surface area contributed by atoms with Crippen LogP contribution in [-0.2, 0) is 0 Å². The molecule has 2 atom stereocenters. The lowest BCUT2D eigenvalue weighted by atomic mass is 9.86. The summed E-state index contributed by atoms with van der Waals surface area (Å²) in [4.78, 5) is 0. The molecular weight excluding hydrogens is 206 g/mol. The highest BCUT2D eigenvalue weighted by Crippen LogP contribution is 2.24. The zero-order chi connectivity index (χ0) is 12.8. The maximum atomic E-state index is 3.68. The molecule has 96 valence electrons. The first-order chi connectivity index (χ1) is 8.06. The van der Waals surface area contributed by atoms with Crippen LogP contribution in [0.5, 0.6) is 0 Å². The van der Waals surface area contributed by atoms with E-state index in [2.05, 4.69) is 64.2 Å². The predicted octanol–water partition coefficient (Wildman–Crippen LogP) is 4.12. The van der Waals surface area contributed by atoms with Gasteiger partial charge in [0.1, 0.15) is 0 Å². The summed E-state index contributed by atoms with van der Waals surface area (Å²) in [6.07, 6.45) is 1.20. The zero-order valence-corrected chi connectivity index (χ0v) is 12.0. The van der Waals surface area contributed by atoms with Crippen LogP contribution in [0.25, 0.3) is 0 Å². The Morgan fingerprint density at radius 3 is 2.12 bits per heavy atom. The molecule has 0 saturated carbocycles. The topological polar surface area (TPSA) is 12.0 Å². The number of rotatable bonds is 6. The minimum Gasteiger partial charge on any atom is -0.313 e. The SMILES string of the molecule is CCCNC(C(C)C)C(C)c1ccc(C)cc1. The first kappa shape index (κ1) is 14.2. The number of aryl methyl sites for hydroxylation is 1. The molecular formula is C16H27N. The molecule has 0 aliphatic rings. The molecule has 2 unspecified atom stereocenters. The minimum atomic E-state index is 0.567. The molecule has 0 spiro atoms. The Balaban J connectivity index is 2.76. The van der Waals surface area contributed by atoms with E-state index in [9.17, 15) is 0 Å². The monoisotopic (exact) mass is 233 g/mol. The molecule has 1 aromatic carbocycles. The van der Waals surface area contributed by atoms with Crippen molar-refractivity contribution in [3.8, 4) is 0 Å². The van der Waals surface area contributed by atoms with Gasteiger partial charge >= 0.3 is 0 Å². The van der Waals surface area contributed by atoms with Crippen LogP contribution in [0, 0.1) is 12.8 Å². The molecule has 0 aromatic heterocycles. The van der Waals surface area contributed by atoms with Crippen LogP contribution < -0.4 is 5.32 Å². The minimum absolute atomic E-state index is 0.567. The molecule has 0 radical (unpaired) electrons. The van der Waals surface area contributed by atoms with E-state index in [1.54, 1.807) is 0 Å². The Bertz CT molecular complexity index is 313. The Kier molecular flexibility index (Phi) is 5.70. The molecule has 1 aromatic rings. The van der Waals surface area contributed by atoms with Crippen LogP contribution in [-0.4, -0.2) is 12.6 Å². The Hall–Kier alpha value is -0.820. The van der Waals surface area contributed by atoms with Crippen molar-refractivity contribution in [3.63, 3.8) is 0 Å². The average Bonchev–Trinajstić information content (AvgIpc) is 2.29. The van der Waals surface area contributed by atoms with Crippen LogP contribution >= 0.6 is 0 Å². The van der Waals surface area contributed by atoms with Crippen molar-refractivity contribution in [2.24, 2.45) is 5.92 Å². The van der Waals surface area contributed by atoms with E-state index in [1.165, 1.54) is 17.5 Å². The van der Waals surface area contributed by atoms with Crippen molar-refractivity contribution >= 4 is 0 Å². The third-order valence-electron chi connectivity index (χ3n) is 3.49. The molecule has 0 amide bonds. The van der Waals surface area contributed by atoms with Gasteiger partial charge in [-0.3, -0.25) is 0 Å². The predicted molar refractivity (Wildman–Crippen MR) is 76.5 cm³/mol. The van der Waals surface area contributed by atoms with E-state index >= 15 is 0 Å². The Morgan fingerprint density at radius 1 is 1.06 bits per heavy atom. The van der Waals surface area contributed by atoms with Crippen molar-refractivity contribution < 1.29 is 0 Å². The first-order valence-corrected chi connectivity index (χ1v) is 6.86. The first-order valence-electron chi connectivity index (χ1n) is 6.86. The van der Waals surface area contributed by atoms with Crippen molar-refractivity contribution in [1.82, 2.24) is 5.32 Å². The normalized spacial score (nSPS) is 14.9. The highest BCUT2D eigenvalue weighted by molar-refractivity contribution is 5.25. The van der Waals surface area contributed by atoms with Gasteiger partial charge in [-0.05, 0) is 37.3 Å². The van der Waals surface area contributed by atoms with Gasteiger partial charge in [-0.15, -0.1) is 0 Å². The lowest BCUT2D eigenvalue weighted by molar-refractivity contribution is 0.354. The summed E-state index contributed by atoms with van der Waals surface area (Å²) in [6.45, 7) is 12.4. The van der Waals surface area contributed by atoms with Crippen LogP contribution in [0.4, 0.5) is 0 Å². The highest BCUT2D eigenvalue weighted by Gasteiger charge is 2.21. The summed E-state index contributed by atoms with van der Waals surface area (Å²) in [5.41, 5.74) is 2.78. The smallest absolute Gasteiger partial charge is 0.0156 e. The zero-order valence-electron chi connectivity index (χ0n) is 12.0. The van der Waals surface area contributed by atoms with E-state index < -0.39 is 0 Å². The van der Waals surface area contributed by atoms with E-state index in [-0.39, 0.29) is 0 Å². The van der Waals surface area contributed by atoms with E-state index in [1.807, 2.05) is 0 Å². The maximum absolute atomic E-state index is 3.68. The van der Waals surface area contributed by atoms with Gasteiger partial charge < -0.3 is 5.32 Å². The summed E-state index contributed by atoms with van der Waals surface area (Å²) in [6, 6.07) is 9.52. The maximum Gasteiger partial charge on any atom is 0.0156 e. The standard InChI is InChI=1S/C16H27N/c1-6-11-17-16(12(2)3)14(5)15-9-7-13(4)8-10-15/h7-10,12,14,16-17H,6,11H2,1-5H3. The van der Waals surface area contributed by atoms with Gasteiger partial charge in [-0.2, -0.15) is 0 Å². The summed E-state index contributed by atoms with van der Waals surface area (Å²) >= 11 is 0. The largest absolute Gasteiger partial charge is 0.313 e. The number of hydrogen-bond donors (Lipinski definition) is 1. The molecule has 0 saturated heterocycles. The summed E-state index contributed by atoms with van der Waals surface area (Å²) in [7, 11) is 0. The van der Waals surface area contributed by atoms with Gasteiger partial charge in [0.2, 0.25) is 0 Å². The van der Waals surface area contributed by atoms with Gasteiger partial charge in [0.05, 0.1) is 0 Å². The fourth-order valence-corrected chi connectivity index (χ4v) is 2.38. The quantitative estimate of drug-likeness (QED) is 0.779. The molecule has 0 bridgehead atoms. The van der Waals surface area contributed by atoms with E-state index in [4.69, 9.17) is 0 Å². The second-order valence-corrected chi connectivity index (χ2v) is 5.42. The van der Waals surface area contributed by atoms with Crippen LogP contribution in [0.15, 0.2) is 24.3 Å². The molecule has 1 rings (SSSR count). The van der Waals surface area contributed by atoms with Gasteiger partial charge in [0.15, 0.2) is 0 Å². The Morgan fingerprint density at radius 2 is 1.65 bits per heavy atom. The van der Waals surface area contributed by atoms with Gasteiger partial charge in [-0.1, -0.05) is 57.5 Å².